The molecule has 2 fully saturated rings. The van der Waals surface area contributed by atoms with Crippen LogP contribution in [-0.2, 0) is 14.3 Å². The number of unbranched alkanes of at least 4 members (excludes halogenated alkanes) is 1. The highest BCUT2D eigenvalue weighted by Crippen LogP contribution is 2.43. The predicted octanol–water partition coefficient (Wildman–Crippen LogP) is 3.46. The smallest absolute Gasteiger partial charge is 0.168 e. The molecule has 1 atom stereocenters. The molecule has 1 aliphatic heterocycles. The lowest BCUT2D eigenvalue weighted by molar-refractivity contribution is -0.303. The molecule has 1 saturated heterocycles. The van der Waals surface area contributed by atoms with Crippen LogP contribution in [0.1, 0.15) is 65.2 Å². The Morgan fingerprint density at radius 1 is 1.40 bits per heavy atom. The summed E-state index contributed by atoms with van der Waals surface area (Å²) in [7, 11) is 0. The first-order valence-corrected chi connectivity index (χ1v) is 7.79. The Balaban J connectivity index is 1.97. The fraction of sp³-hybridized carbons (Fsp3) is 0.824. The summed E-state index contributed by atoms with van der Waals surface area (Å²) in [4.78, 5) is 12.5. The SMILES string of the molecule is C#CCCCC(=O)C(C)(C)C1CCOC2(CCCC2)O1. The van der Waals surface area contributed by atoms with Gasteiger partial charge in [0.05, 0.1) is 12.7 Å². The molecule has 0 aromatic heterocycles. The van der Waals surface area contributed by atoms with Crippen LogP contribution in [0.25, 0.3) is 0 Å². The molecule has 20 heavy (non-hydrogen) atoms. The summed E-state index contributed by atoms with van der Waals surface area (Å²) < 4.78 is 12.1. The van der Waals surface area contributed by atoms with E-state index in [0.29, 0.717) is 19.4 Å². The minimum atomic E-state index is -0.450. The highest BCUT2D eigenvalue weighted by atomic mass is 16.7. The van der Waals surface area contributed by atoms with Crippen LogP contribution in [0.15, 0.2) is 0 Å². The van der Waals surface area contributed by atoms with Gasteiger partial charge in [-0.15, -0.1) is 12.3 Å². The topological polar surface area (TPSA) is 35.5 Å². The first-order valence-electron chi connectivity index (χ1n) is 7.79. The number of Topliss-reactive ketones (excluding diaryl/α,β-unsaturated/α-hetero) is 1. The third kappa shape index (κ3) is 3.24. The zero-order valence-electron chi connectivity index (χ0n) is 12.7. The van der Waals surface area contributed by atoms with Gasteiger partial charge in [-0.2, -0.15) is 0 Å². The van der Waals surface area contributed by atoms with Crippen molar-refractivity contribution in [3.05, 3.63) is 0 Å². The molecule has 3 nitrogen and oxygen atoms in total. The van der Waals surface area contributed by atoms with Crippen molar-refractivity contribution in [1.82, 2.24) is 0 Å². The first kappa shape index (κ1) is 15.5. The van der Waals surface area contributed by atoms with Crippen molar-refractivity contribution < 1.29 is 14.3 Å². The van der Waals surface area contributed by atoms with E-state index >= 15 is 0 Å². The summed E-state index contributed by atoms with van der Waals surface area (Å²) >= 11 is 0. The second-order valence-corrected chi connectivity index (χ2v) is 6.56. The van der Waals surface area contributed by atoms with Crippen LogP contribution >= 0.6 is 0 Å². The second kappa shape index (κ2) is 6.28. The molecular formula is C17H26O3. The van der Waals surface area contributed by atoms with E-state index in [2.05, 4.69) is 5.92 Å². The summed E-state index contributed by atoms with van der Waals surface area (Å²) in [5.41, 5.74) is -0.450. The highest BCUT2D eigenvalue weighted by Gasteiger charge is 2.47. The zero-order valence-corrected chi connectivity index (χ0v) is 12.7. The Morgan fingerprint density at radius 2 is 2.10 bits per heavy atom. The van der Waals surface area contributed by atoms with Gasteiger partial charge in [0.15, 0.2) is 5.79 Å². The monoisotopic (exact) mass is 278 g/mol. The molecule has 1 heterocycles. The van der Waals surface area contributed by atoms with Crippen LogP contribution in [0.2, 0.25) is 0 Å². The lowest BCUT2D eigenvalue weighted by Crippen LogP contribution is -2.50. The first-order chi connectivity index (χ1) is 9.50. The standard InChI is InChI=1S/C17H26O3/c1-4-5-6-9-14(18)16(2,3)15-10-13-19-17(20-15)11-7-8-12-17/h1,15H,5-13H2,2-3H3. The minimum absolute atomic E-state index is 0.0346. The molecule has 0 radical (unpaired) electrons. The van der Waals surface area contributed by atoms with Gasteiger partial charge in [0.25, 0.3) is 0 Å². The molecule has 1 aliphatic carbocycles. The van der Waals surface area contributed by atoms with Crippen molar-refractivity contribution in [1.29, 1.82) is 0 Å². The van der Waals surface area contributed by atoms with E-state index in [0.717, 1.165) is 38.5 Å². The molecule has 0 N–H and O–H groups in total. The number of rotatable bonds is 5. The van der Waals surface area contributed by atoms with E-state index in [1.807, 2.05) is 13.8 Å². The molecule has 2 aliphatic rings. The van der Waals surface area contributed by atoms with Crippen molar-refractivity contribution >= 4 is 5.78 Å². The second-order valence-electron chi connectivity index (χ2n) is 6.56. The van der Waals surface area contributed by atoms with Crippen molar-refractivity contribution in [3.63, 3.8) is 0 Å². The molecular weight excluding hydrogens is 252 g/mol. The van der Waals surface area contributed by atoms with Crippen LogP contribution < -0.4 is 0 Å². The molecule has 1 spiro atoms. The van der Waals surface area contributed by atoms with Gasteiger partial charge in [-0.1, -0.05) is 13.8 Å². The summed E-state index contributed by atoms with van der Waals surface area (Å²) in [6, 6.07) is 0. The third-order valence-corrected chi connectivity index (χ3v) is 4.72. The van der Waals surface area contributed by atoms with E-state index in [4.69, 9.17) is 15.9 Å². The van der Waals surface area contributed by atoms with Crippen LogP contribution in [0.4, 0.5) is 0 Å². The molecule has 0 aromatic carbocycles. The maximum Gasteiger partial charge on any atom is 0.168 e. The third-order valence-electron chi connectivity index (χ3n) is 4.72. The molecule has 112 valence electrons. The van der Waals surface area contributed by atoms with Crippen LogP contribution in [0.5, 0.6) is 0 Å². The predicted molar refractivity (Wildman–Crippen MR) is 78.1 cm³/mol. The van der Waals surface area contributed by atoms with Gasteiger partial charge in [-0.3, -0.25) is 4.79 Å². The van der Waals surface area contributed by atoms with Gasteiger partial charge in [0, 0.05) is 31.1 Å². The van der Waals surface area contributed by atoms with Gasteiger partial charge in [-0.25, -0.2) is 0 Å². The molecule has 0 amide bonds. The maximum atomic E-state index is 12.5. The van der Waals surface area contributed by atoms with Crippen molar-refractivity contribution in [2.75, 3.05) is 6.61 Å². The average Bonchev–Trinajstić information content (AvgIpc) is 2.87. The summed E-state index contributed by atoms with van der Waals surface area (Å²) in [6.45, 7) is 4.71. The quantitative estimate of drug-likeness (QED) is 0.570. The largest absolute Gasteiger partial charge is 0.350 e. The van der Waals surface area contributed by atoms with E-state index in [9.17, 15) is 4.79 Å². The number of carbonyl (C=O) groups excluding carboxylic acids is 1. The van der Waals surface area contributed by atoms with Gasteiger partial charge in [-0.05, 0) is 25.7 Å². The Hall–Kier alpha value is -0.850. The van der Waals surface area contributed by atoms with Gasteiger partial charge >= 0.3 is 0 Å². The number of ether oxygens (including phenoxy) is 2. The van der Waals surface area contributed by atoms with Crippen molar-refractivity contribution in [2.24, 2.45) is 5.41 Å². The van der Waals surface area contributed by atoms with Crippen molar-refractivity contribution in [2.45, 2.75) is 77.1 Å². The normalized spacial score (nSPS) is 25.6. The van der Waals surface area contributed by atoms with Crippen molar-refractivity contribution in [3.8, 4) is 12.3 Å². The molecule has 0 aromatic rings. The van der Waals surface area contributed by atoms with Gasteiger partial charge in [0.1, 0.15) is 5.78 Å². The number of hydrogen-bond acceptors (Lipinski definition) is 3. The lowest BCUT2D eigenvalue weighted by Gasteiger charge is -2.44. The summed E-state index contributed by atoms with van der Waals surface area (Å²) in [6.07, 6.45) is 12.2. The van der Waals surface area contributed by atoms with Gasteiger partial charge in [0.2, 0.25) is 0 Å². The Kier molecular flexibility index (Phi) is 4.88. The maximum absolute atomic E-state index is 12.5. The highest BCUT2D eigenvalue weighted by molar-refractivity contribution is 5.84. The molecule has 1 saturated carbocycles. The molecule has 2 rings (SSSR count). The van der Waals surface area contributed by atoms with E-state index in [1.54, 1.807) is 0 Å². The minimum Gasteiger partial charge on any atom is -0.350 e. The van der Waals surface area contributed by atoms with E-state index in [-0.39, 0.29) is 11.9 Å². The summed E-state index contributed by atoms with van der Waals surface area (Å²) in [5.74, 6) is 2.44. The van der Waals surface area contributed by atoms with Crippen LogP contribution in [0, 0.1) is 17.8 Å². The van der Waals surface area contributed by atoms with Gasteiger partial charge < -0.3 is 9.47 Å². The van der Waals surface area contributed by atoms with Crippen LogP contribution in [0.3, 0.4) is 0 Å². The number of hydrogen-bond donors (Lipinski definition) is 0. The Bertz CT molecular complexity index is 386. The Morgan fingerprint density at radius 3 is 2.75 bits per heavy atom. The van der Waals surface area contributed by atoms with E-state index in [1.165, 1.54) is 0 Å². The summed E-state index contributed by atoms with van der Waals surface area (Å²) in [5, 5.41) is 0. The van der Waals surface area contributed by atoms with E-state index < -0.39 is 11.2 Å². The fourth-order valence-electron chi connectivity index (χ4n) is 3.24. The number of terminal acetylenes is 1. The molecule has 1 unspecified atom stereocenters. The zero-order chi connectivity index (χ0) is 14.6. The number of ketones is 1. The van der Waals surface area contributed by atoms with Crippen LogP contribution in [-0.4, -0.2) is 24.3 Å². The number of carbonyl (C=O) groups is 1. The average molecular weight is 278 g/mol. The molecule has 3 heteroatoms. The fourth-order valence-corrected chi connectivity index (χ4v) is 3.24. The molecule has 0 bridgehead atoms. The lowest BCUT2D eigenvalue weighted by atomic mass is 9.78. The Labute approximate surface area is 122 Å².